The Kier molecular flexibility index (Phi) is 5.55. The van der Waals surface area contributed by atoms with Gasteiger partial charge in [0.15, 0.2) is 5.82 Å². The Morgan fingerprint density at radius 3 is 2.56 bits per heavy atom. The average Bonchev–Trinajstić information content (AvgIpc) is 3.45. The number of piperidine rings is 1. The van der Waals surface area contributed by atoms with Crippen LogP contribution in [0.25, 0.3) is 10.9 Å². The zero-order valence-corrected chi connectivity index (χ0v) is 19.9. The third kappa shape index (κ3) is 4.43. The number of anilines is 3. The monoisotopic (exact) mass is 460 g/mol. The molecule has 3 unspecified atom stereocenters. The van der Waals surface area contributed by atoms with E-state index in [1.165, 1.54) is 12.0 Å². The minimum atomic E-state index is -0.633. The fraction of sp³-hybridized carbons (Fsp3) is 0.520. The summed E-state index contributed by atoms with van der Waals surface area (Å²) in [5, 5.41) is 14.3. The summed E-state index contributed by atoms with van der Waals surface area (Å²) in [5.41, 5.74) is 2.68. The molecule has 6 rings (SSSR count). The smallest absolute Gasteiger partial charge is 0.229 e. The van der Waals surface area contributed by atoms with Gasteiger partial charge in [-0.05, 0) is 49.9 Å². The van der Waals surface area contributed by atoms with Crippen molar-refractivity contribution < 1.29 is 5.11 Å². The highest BCUT2D eigenvalue weighted by Gasteiger charge is 2.46. The molecule has 2 saturated heterocycles. The first-order valence-corrected chi connectivity index (χ1v) is 12.3. The number of fused-ring (bicyclic) bond motifs is 2. The van der Waals surface area contributed by atoms with E-state index in [0.29, 0.717) is 11.6 Å². The summed E-state index contributed by atoms with van der Waals surface area (Å²) >= 11 is 0. The molecule has 2 N–H and O–H groups in total. The highest BCUT2D eigenvalue weighted by atomic mass is 16.3. The van der Waals surface area contributed by atoms with E-state index in [4.69, 9.17) is 9.97 Å². The van der Waals surface area contributed by atoms with Crippen LogP contribution in [0.1, 0.15) is 30.7 Å². The van der Waals surface area contributed by atoms with Crippen LogP contribution < -0.4 is 10.2 Å². The number of likely N-dealkylation sites (N-methyl/N-ethyl adjacent to an activating group) is 1. The number of piperazine rings is 1. The van der Waals surface area contributed by atoms with E-state index in [1.54, 1.807) is 13.1 Å². The lowest BCUT2D eigenvalue weighted by Crippen LogP contribution is -2.43. The second-order valence-corrected chi connectivity index (χ2v) is 10.1. The normalized spacial score (nSPS) is 23.8. The van der Waals surface area contributed by atoms with Crippen LogP contribution >= 0.6 is 0 Å². The number of pyridine rings is 2. The van der Waals surface area contributed by atoms with Crippen molar-refractivity contribution >= 4 is 28.5 Å². The van der Waals surface area contributed by atoms with E-state index >= 15 is 0 Å². The summed E-state index contributed by atoms with van der Waals surface area (Å²) in [4.78, 5) is 25.9. The van der Waals surface area contributed by atoms with Crippen LogP contribution in [-0.2, 0) is 6.54 Å². The summed E-state index contributed by atoms with van der Waals surface area (Å²) in [5.74, 6) is 3.63. The number of nitrogens with zero attached hydrogens (tertiary/aromatic N) is 7. The zero-order valence-electron chi connectivity index (χ0n) is 19.9. The molecule has 0 amide bonds. The maximum absolute atomic E-state index is 10.2. The van der Waals surface area contributed by atoms with Crippen molar-refractivity contribution in [2.24, 2.45) is 11.8 Å². The first-order valence-electron chi connectivity index (χ1n) is 12.3. The SMILES string of the molecule is CC(O)c1cc2cnc(Nc3ccc(CN4CCN(C)CC4)cn3)nc2c(N2CC3CC3C2)n1. The molecule has 3 fully saturated rings. The lowest BCUT2D eigenvalue weighted by Gasteiger charge is -2.32. The molecule has 0 radical (unpaired) electrons. The minimum absolute atomic E-state index is 0.504. The van der Waals surface area contributed by atoms with Crippen molar-refractivity contribution in [3.05, 3.63) is 41.9 Å². The van der Waals surface area contributed by atoms with Gasteiger partial charge in [0, 0.05) is 63.6 Å². The van der Waals surface area contributed by atoms with Gasteiger partial charge in [0.2, 0.25) is 5.95 Å². The van der Waals surface area contributed by atoms with E-state index in [9.17, 15) is 5.11 Å². The second-order valence-electron chi connectivity index (χ2n) is 10.1. The molecule has 1 aliphatic carbocycles. The summed E-state index contributed by atoms with van der Waals surface area (Å²) in [6.07, 6.45) is 4.43. The quantitative estimate of drug-likeness (QED) is 0.575. The van der Waals surface area contributed by atoms with Gasteiger partial charge in [-0.15, -0.1) is 0 Å². The Labute approximate surface area is 199 Å². The molecule has 0 bridgehead atoms. The molecule has 9 nitrogen and oxygen atoms in total. The fourth-order valence-corrected chi connectivity index (χ4v) is 5.08. The van der Waals surface area contributed by atoms with Crippen LogP contribution in [0.5, 0.6) is 0 Å². The largest absolute Gasteiger partial charge is 0.387 e. The van der Waals surface area contributed by atoms with Crippen molar-refractivity contribution in [2.75, 3.05) is 56.5 Å². The Bertz CT molecular complexity index is 1170. The topological polar surface area (TPSA) is 93.5 Å². The van der Waals surface area contributed by atoms with Gasteiger partial charge in [-0.25, -0.2) is 19.9 Å². The van der Waals surface area contributed by atoms with Crippen LogP contribution in [0.15, 0.2) is 30.6 Å². The molecular formula is C25H32N8O. The third-order valence-electron chi connectivity index (χ3n) is 7.34. The molecule has 0 spiro atoms. The Morgan fingerprint density at radius 2 is 1.85 bits per heavy atom. The minimum Gasteiger partial charge on any atom is -0.387 e. The van der Waals surface area contributed by atoms with E-state index < -0.39 is 6.10 Å². The highest BCUT2D eigenvalue weighted by molar-refractivity contribution is 5.89. The molecule has 178 valence electrons. The van der Waals surface area contributed by atoms with Gasteiger partial charge in [-0.2, -0.15) is 0 Å². The lowest BCUT2D eigenvalue weighted by atomic mass is 10.2. The standard InChI is InChI=1S/C25H32N8O/c1-16(34)21-10-18-12-27-25(30-23(18)24(28-21)33-14-19-9-20(19)15-33)29-22-4-3-17(11-26-22)13-32-7-5-31(2)6-8-32/h3-4,10-12,16,19-20,34H,5-9,13-15H2,1-2H3,(H,26,27,29,30). The number of hydrogen-bond acceptors (Lipinski definition) is 9. The summed E-state index contributed by atoms with van der Waals surface area (Å²) in [6.45, 7) is 9.10. The van der Waals surface area contributed by atoms with E-state index in [0.717, 1.165) is 80.2 Å². The molecule has 5 heterocycles. The van der Waals surface area contributed by atoms with Crippen LogP contribution in [0.3, 0.4) is 0 Å². The Hall–Kier alpha value is -2.88. The molecule has 3 aliphatic rings. The Balaban J connectivity index is 1.21. The lowest BCUT2D eigenvalue weighted by molar-refractivity contribution is 0.148. The molecule has 0 aromatic carbocycles. The van der Waals surface area contributed by atoms with Crippen LogP contribution in [0, 0.1) is 11.8 Å². The first kappa shape index (κ1) is 21.6. The van der Waals surface area contributed by atoms with Gasteiger partial charge < -0.3 is 20.2 Å². The predicted octanol–water partition coefficient (Wildman–Crippen LogP) is 2.42. The molecule has 3 aromatic rings. The number of aromatic nitrogens is 4. The molecule has 3 aromatic heterocycles. The van der Waals surface area contributed by atoms with Gasteiger partial charge in [-0.3, -0.25) is 4.90 Å². The molecular weight excluding hydrogens is 428 g/mol. The van der Waals surface area contributed by atoms with Gasteiger partial charge >= 0.3 is 0 Å². The molecule has 9 heteroatoms. The van der Waals surface area contributed by atoms with Gasteiger partial charge in [0.1, 0.15) is 11.3 Å². The highest BCUT2D eigenvalue weighted by Crippen LogP contribution is 2.46. The van der Waals surface area contributed by atoms with Crippen molar-refractivity contribution in [2.45, 2.75) is 26.0 Å². The second kappa shape index (κ2) is 8.72. The Morgan fingerprint density at radius 1 is 1.06 bits per heavy atom. The van der Waals surface area contributed by atoms with Crippen molar-refractivity contribution in [1.29, 1.82) is 0 Å². The zero-order chi connectivity index (χ0) is 23.2. The molecule has 34 heavy (non-hydrogen) atoms. The summed E-state index contributed by atoms with van der Waals surface area (Å²) in [6, 6.07) is 5.99. The number of rotatable bonds is 6. The van der Waals surface area contributed by atoms with Crippen molar-refractivity contribution in [3.63, 3.8) is 0 Å². The molecule has 2 aliphatic heterocycles. The fourth-order valence-electron chi connectivity index (χ4n) is 5.08. The predicted molar refractivity (Wildman–Crippen MR) is 132 cm³/mol. The molecule has 3 atom stereocenters. The maximum Gasteiger partial charge on any atom is 0.229 e. The number of aliphatic hydroxyl groups excluding tert-OH is 1. The van der Waals surface area contributed by atoms with E-state index in [-0.39, 0.29) is 0 Å². The number of hydrogen-bond donors (Lipinski definition) is 2. The van der Waals surface area contributed by atoms with Crippen molar-refractivity contribution in [3.8, 4) is 0 Å². The third-order valence-corrected chi connectivity index (χ3v) is 7.34. The first-order chi connectivity index (χ1) is 16.5. The maximum atomic E-state index is 10.2. The van der Waals surface area contributed by atoms with Crippen LogP contribution in [-0.4, -0.2) is 81.2 Å². The van der Waals surface area contributed by atoms with Crippen LogP contribution in [0.4, 0.5) is 17.6 Å². The van der Waals surface area contributed by atoms with Gasteiger partial charge in [0.05, 0.1) is 11.8 Å². The molecule has 1 saturated carbocycles. The van der Waals surface area contributed by atoms with E-state index in [2.05, 4.69) is 43.1 Å². The van der Waals surface area contributed by atoms with E-state index in [1.807, 2.05) is 18.3 Å². The van der Waals surface area contributed by atoms with Crippen molar-refractivity contribution in [1.82, 2.24) is 29.7 Å². The number of aliphatic hydroxyl groups is 1. The van der Waals surface area contributed by atoms with Crippen LogP contribution in [0.2, 0.25) is 0 Å². The summed E-state index contributed by atoms with van der Waals surface area (Å²) in [7, 11) is 2.17. The summed E-state index contributed by atoms with van der Waals surface area (Å²) < 4.78 is 0. The van der Waals surface area contributed by atoms with Gasteiger partial charge in [-0.1, -0.05) is 6.07 Å². The van der Waals surface area contributed by atoms with Gasteiger partial charge in [0.25, 0.3) is 0 Å². The number of nitrogens with one attached hydrogen (secondary N) is 1. The average molecular weight is 461 g/mol.